The summed E-state index contributed by atoms with van der Waals surface area (Å²) in [4.78, 5) is 11.7. The standard InChI is InChI=1S/C14H16N4O2S.ClH/c1-20-11-6-2-9(3-7-11)13-17-18-14(21-13)16-12(19)8-15-10-4-5-10;/h2-3,6-7,10,15H,4-5,8H2,1H3,(H,16,18,19);1H. The second-order valence-electron chi connectivity index (χ2n) is 4.84. The fourth-order valence-electron chi connectivity index (χ4n) is 1.81. The number of rotatable bonds is 6. The van der Waals surface area contributed by atoms with Crippen molar-refractivity contribution >= 4 is 34.8 Å². The number of amides is 1. The van der Waals surface area contributed by atoms with Gasteiger partial charge in [0.1, 0.15) is 10.8 Å². The average molecular weight is 341 g/mol. The van der Waals surface area contributed by atoms with Gasteiger partial charge in [-0.2, -0.15) is 0 Å². The van der Waals surface area contributed by atoms with E-state index < -0.39 is 0 Å². The van der Waals surface area contributed by atoms with Gasteiger partial charge in [0.15, 0.2) is 0 Å². The molecular formula is C14H17ClN4O2S. The normalized spacial score (nSPS) is 13.3. The number of halogens is 1. The molecule has 2 aromatic rings. The monoisotopic (exact) mass is 340 g/mol. The number of hydrogen-bond acceptors (Lipinski definition) is 6. The van der Waals surface area contributed by atoms with Crippen molar-refractivity contribution in [2.24, 2.45) is 0 Å². The quantitative estimate of drug-likeness (QED) is 0.844. The van der Waals surface area contributed by atoms with Gasteiger partial charge >= 0.3 is 0 Å². The van der Waals surface area contributed by atoms with Gasteiger partial charge in [-0.3, -0.25) is 10.1 Å². The molecule has 0 atom stereocenters. The third-order valence-electron chi connectivity index (χ3n) is 3.14. The van der Waals surface area contributed by atoms with E-state index >= 15 is 0 Å². The molecule has 0 saturated heterocycles. The van der Waals surface area contributed by atoms with Crippen molar-refractivity contribution < 1.29 is 9.53 Å². The second-order valence-corrected chi connectivity index (χ2v) is 5.82. The number of carbonyl (C=O) groups excluding carboxylic acids is 1. The Hall–Kier alpha value is -1.70. The number of methoxy groups -OCH3 is 1. The Bertz CT molecular complexity index is 628. The summed E-state index contributed by atoms with van der Waals surface area (Å²) >= 11 is 1.35. The van der Waals surface area contributed by atoms with Crippen LogP contribution in [0.5, 0.6) is 5.75 Å². The number of ether oxygens (including phenoxy) is 1. The van der Waals surface area contributed by atoms with E-state index in [0.717, 1.165) is 29.2 Å². The fraction of sp³-hybridized carbons (Fsp3) is 0.357. The Morgan fingerprint density at radius 2 is 2.05 bits per heavy atom. The Kier molecular flexibility index (Phi) is 5.70. The number of aromatic nitrogens is 2. The summed E-state index contributed by atoms with van der Waals surface area (Å²) in [7, 11) is 1.63. The Morgan fingerprint density at radius 1 is 1.32 bits per heavy atom. The van der Waals surface area contributed by atoms with E-state index in [1.54, 1.807) is 7.11 Å². The zero-order chi connectivity index (χ0) is 14.7. The molecule has 3 rings (SSSR count). The lowest BCUT2D eigenvalue weighted by atomic mass is 10.2. The van der Waals surface area contributed by atoms with Gasteiger partial charge in [0.25, 0.3) is 0 Å². The van der Waals surface area contributed by atoms with Gasteiger partial charge in [-0.25, -0.2) is 0 Å². The van der Waals surface area contributed by atoms with E-state index in [4.69, 9.17) is 4.74 Å². The molecule has 8 heteroatoms. The minimum absolute atomic E-state index is 0. The summed E-state index contributed by atoms with van der Waals surface area (Å²) in [5.74, 6) is 0.710. The van der Waals surface area contributed by atoms with Crippen LogP contribution in [-0.2, 0) is 4.79 Å². The van der Waals surface area contributed by atoms with Gasteiger partial charge in [-0.1, -0.05) is 11.3 Å². The van der Waals surface area contributed by atoms with Crippen molar-refractivity contribution in [1.82, 2.24) is 15.5 Å². The van der Waals surface area contributed by atoms with Crippen LogP contribution in [-0.4, -0.2) is 35.8 Å². The number of nitrogens with one attached hydrogen (secondary N) is 2. The van der Waals surface area contributed by atoms with Crippen LogP contribution in [0.25, 0.3) is 10.6 Å². The SMILES string of the molecule is COc1ccc(-c2nnc(NC(=O)CNC3CC3)s2)cc1.Cl. The Labute approximate surface area is 138 Å². The van der Waals surface area contributed by atoms with Crippen LogP contribution in [0.1, 0.15) is 12.8 Å². The fourth-order valence-corrected chi connectivity index (χ4v) is 2.58. The van der Waals surface area contributed by atoms with Gasteiger partial charge in [-0.05, 0) is 37.1 Å². The number of hydrogen-bond donors (Lipinski definition) is 2. The maximum atomic E-state index is 11.7. The minimum atomic E-state index is -0.0840. The van der Waals surface area contributed by atoms with Crippen molar-refractivity contribution in [3.05, 3.63) is 24.3 Å². The Balaban J connectivity index is 0.00000176. The lowest BCUT2D eigenvalue weighted by Gasteiger charge is -2.01. The third-order valence-corrected chi connectivity index (χ3v) is 4.02. The van der Waals surface area contributed by atoms with Crippen LogP contribution in [0.4, 0.5) is 5.13 Å². The van der Waals surface area contributed by atoms with E-state index in [-0.39, 0.29) is 18.3 Å². The number of benzene rings is 1. The molecule has 22 heavy (non-hydrogen) atoms. The van der Waals surface area contributed by atoms with Gasteiger partial charge in [0, 0.05) is 11.6 Å². The highest BCUT2D eigenvalue weighted by atomic mass is 35.5. The summed E-state index contributed by atoms with van der Waals surface area (Å²) in [5, 5.41) is 15.3. The van der Waals surface area contributed by atoms with Crippen molar-refractivity contribution in [3.63, 3.8) is 0 Å². The molecule has 0 aliphatic heterocycles. The smallest absolute Gasteiger partial charge is 0.240 e. The molecule has 1 aliphatic rings. The highest BCUT2D eigenvalue weighted by Gasteiger charge is 2.21. The van der Waals surface area contributed by atoms with Crippen LogP contribution in [0.15, 0.2) is 24.3 Å². The zero-order valence-corrected chi connectivity index (χ0v) is 13.7. The molecule has 0 radical (unpaired) electrons. The molecule has 0 bridgehead atoms. The molecule has 1 amide bonds. The van der Waals surface area contributed by atoms with Gasteiger partial charge in [0.05, 0.1) is 13.7 Å². The van der Waals surface area contributed by atoms with Crippen molar-refractivity contribution in [2.45, 2.75) is 18.9 Å². The van der Waals surface area contributed by atoms with Crippen molar-refractivity contribution in [2.75, 3.05) is 19.0 Å². The van der Waals surface area contributed by atoms with Crippen LogP contribution >= 0.6 is 23.7 Å². The molecule has 6 nitrogen and oxygen atoms in total. The number of nitrogens with zero attached hydrogens (tertiary/aromatic N) is 2. The summed E-state index contributed by atoms with van der Waals surface area (Å²) in [6, 6.07) is 8.09. The topological polar surface area (TPSA) is 76.1 Å². The first-order valence-electron chi connectivity index (χ1n) is 6.76. The average Bonchev–Trinajstić information content (AvgIpc) is 3.23. The Morgan fingerprint density at radius 3 is 2.68 bits per heavy atom. The summed E-state index contributed by atoms with van der Waals surface area (Å²) in [5.41, 5.74) is 0.949. The zero-order valence-electron chi connectivity index (χ0n) is 12.0. The molecule has 0 unspecified atom stereocenters. The van der Waals surface area contributed by atoms with E-state index in [2.05, 4.69) is 20.8 Å². The maximum Gasteiger partial charge on any atom is 0.240 e. The molecular weight excluding hydrogens is 324 g/mol. The number of carbonyl (C=O) groups is 1. The molecule has 1 saturated carbocycles. The van der Waals surface area contributed by atoms with Crippen LogP contribution in [0.3, 0.4) is 0 Å². The first kappa shape index (κ1) is 16.7. The molecule has 1 aromatic heterocycles. The van der Waals surface area contributed by atoms with Crippen LogP contribution < -0.4 is 15.4 Å². The second kappa shape index (κ2) is 7.53. The van der Waals surface area contributed by atoms with Gasteiger partial charge in [0.2, 0.25) is 11.0 Å². The molecule has 1 fully saturated rings. The van der Waals surface area contributed by atoms with Crippen LogP contribution in [0, 0.1) is 0 Å². The predicted octanol–water partition coefficient (Wildman–Crippen LogP) is 2.33. The summed E-state index contributed by atoms with van der Waals surface area (Å²) in [6.07, 6.45) is 2.32. The highest BCUT2D eigenvalue weighted by Crippen LogP contribution is 2.27. The summed E-state index contributed by atoms with van der Waals surface area (Å²) < 4.78 is 5.12. The third kappa shape index (κ3) is 4.40. The van der Waals surface area contributed by atoms with Crippen molar-refractivity contribution in [1.29, 1.82) is 0 Å². The predicted molar refractivity (Wildman–Crippen MR) is 88.8 cm³/mol. The molecule has 1 aromatic carbocycles. The molecule has 1 heterocycles. The van der Waals surface area contributed by atoms with Crippen molar-refractivity contribution in [3.8, 4) is 16.3 Å². The highest BCUT2D eigenvalue weighted by molar-refractivity contribution is 7.18. The lowest BCUT2D eigenvalue weighted by Crippen LogP contribution is -2.29. The summed E-state index contributed by atoms with van der Waals surface area (Å²) in [6.45, 7) is 0.322. The first-order chi connectivity index (χ1) is 10.2. The molecule has 0 spiro atoms. The van der Waals surface area contributed by atoms with E-state index in [1.807, 2.05) is 24.3 Å². The molecule has 118 valence electrons. The lowest BCUT2D eigenvalue weighted by molar-refractivity contribution is -0.115. The number of anilines is 1. The van der Waals surface area contributed by atoms with E-state index in [9.17, 15) is 4.79 Å². The van der Waals surface area contributed by atoms with E-state index in [1.165, 1.54) is 11.3 Å². The van der Waals surface area contributed by atoms with E-state index in [0.29, 0.717) is 17.7 Å². The van der Waals surface area contributed by atoms with Gasteiger partial charge in [-0.15, -0.1) is 22.6 Å². The molecule has 1 aliphatic carbocycles. The largest absolute Gasteiger partial charge is 0.497 e. The first-order valence-corrected chi connectivity index (χ1v) is 7.57. The minimum Gasteiger partial charge on any atom is -0.497 e. The van der Waals surface area contributed by atoms with Crippen LogP contribution in [0.2, 0.25) is 0 Å². The molecule has 2 N–H and O–H groups in total. The van der Waals surface area contributed by atoms with Gasteiger partial charge < -0.3 is 10.1 Å². The maximum absolute atomic E-state index is 11.7.